The van der Waals surface area contributed by atoms with Crippen molar-refractivity contribution in [2.24, 2.45) is 0 Å². The minimum Gasteiger partial charge on any atom is -0.456 e. The molecule has 0 saturated heterocycles. The number of furan rings is 1. The molecule has 0 unspecified atom stereocenters. The molecule has 122 heavy (non-hydrogen) atoms. The summed E-state index contributed by atoms with van der Waals surface area (Å²) >= 11 is 1.88. The summed E-state index contributed by atoms with van der Waals surface area (Å²) in [5.41, 5.74) is 28.7. The van der Waals surface area contributed by atoms with E-state index in [1.807, 2.05) is 108 Å². The molecule has 24 rings (SSSR count). The molecule has 8 heteroatoms. The molecule has 4 aromatic heterocycles. The smallest absolute Gasteiger partial charge is 0.164 e. The second-order valence-corrected chi connectivity index (χ2v) is 32.5. The lowest BCUT2D eigenvalue weighted by atomic mass is 9.67. The Morgan fingerprint density at radius 2 is 0.566 bits per heavy atom. The molecule has 0 spiro atoms. The fourth-order valence-electron chi connectivity index (χ4n) is 19.2. The van der Waals surface area contributed by atoms with E-state index in [0.717, 1.165) is 88.3 Å². The summed E-state index contributed by atoms with van der Waals surface area (Å²) in [6.45, 7) is 0. The van der Waals surface area contributed by atoms with Gasteiger partial charge in [0.25, 0.3) is 0 Å². The number of thiophene rings is 1. The monoisotopic (exact) mass is 1570 g/mol. The largest absolute Gasteiger partial charge is 0.456 e. The van der Waals surface area contributed by atoms with Gasteiger partial charge in [0.2, 0.25) is 0 Å². The third kappa shape index (κ3) is 11.9. The molecule has 570 valence electrons. The van der Waals surface area contributed by atoms with Crippen molar-refractivity contribution in [2.45, 2.75) is 10.8 Å². The standard InChI is InChI=1S/C58H37N3O.C56H35N3S/c1-4-16-38(17-5-1)42-20-14-21-43(36-42)57-60-55(40-18-6-2-7-19-40)59-56(61-57)41-32-30-39(31-33-41)46-26-15-29-53-54(46)49-37-45(34-35-52(49)62-53)58(44-22-8-3-9-23-44)50-27-12-10-24-47(50)48-25-11-13-28-51(48)58;1-4-16-36(17-5-1)53-57-54(37-18-6-2-7-19-37)59-55(58-53)46-26-14-20-38-34-39(30-32-42(38)46)43-25-15-29-50-52(43)47-33-31-41(35-51(47)60-50)56(40-21-8-3-9-22-40)48-27-12-10-23-44(48)45-24-11-13-28-49(45)56/h1-37H;1-35H. The van der Waals surface area contributed by atoms with Gasteiger partial charge >= 0.3 is 0 Å². The van der Waals surface area contributed by atoms with Crippen LogP contribution in [0.25, 0.3) is 177 Å². The molecule has 0 fully saturated rings. The molecule has 7 nitrogen and oxygen atoms in total. The van der Waals surface area contributed by atoms with Crippen molar-refractivity contribution in [3.05, 3.63) is 481 Å². The molecule has 22 aromatic rings. The van der Waals surface area contributed by atoms with Crippen LogP contribution in [0, 0.1) is 0 Å². The third-order valence-corrected chi connectivity index (χ3v) is 25.8. The number of rotatable bonds is 13. The van der Waals surface area contributed by atoms with Gasteiger partial charge in [0, 0.05) is 64.3 Å². The van der Waals surface area contributed by atoms with Crippen molar-refractivity contribution in [1.29, 1.82) is 0 Å². The lowest BCUT2D eigenvalue weighted by Gasteiger charge is -2.33. The Hall–Kier alpha value is -15.7. The first-order valence-electron chi connectivity index (χ1n) is 41.4. The van der Waals surface area contributed by atoms with Crippen LogP contribution in [0.3, 0.4) is 0 Å². The molecule has 0 radical (unpaired) electrons. The zero-order valence-corrected chi connectivity index (χ0v) is 66.9. The molecule has 0 atom stereocenters. The van der Waals surface area contributed by atoms with E-state index in [9.17, 15) is 0 Å². The first-order valence-corrected chi connectivity index (χ1v) is 42.2. The molecule has 0 amide bonds. The zero-order valence-electron chi connectivity index (χ0n) is 66.1. The fraction of sp³-hybridized carbons (Fsp3) is 0.0175. The van der Waals surface area contributed by atoms with Gasteiger partial charge in [-0.3, -0.25) is 0 Å². The lowest BCUT2D eigenvalue weighted by Crippen LogP contribution is -2.28. The maximum Gasteiger partial charge on any atom is 0.164 e. The van der Waals surface area contributed by atoms with Gasteiger partial charge in [-0.15, -0.1) is 11.3 Å². The van der Waals surface area contributed by atoms with Gasteiger partial charge in [0.05, 0.1) is 10.8 Å². The van der Waals surface area contributed by atoms with E-state index in [2.05, 4.69) is 340 Å². The molecule has 0 N–H and O–H groups in total. The highest BCUT2D eigenvalue weighted by atomic mass is 32.1. The average molecular weight is 1570 g/mol. The average Bonchev–Trinajstić information content (AvgIpc) is 1.53. The summed E-state index contributed by atoms with van der Waals surface area (Å²) < 4.78 is 9.19. The highest BCUT2D eigenvalue weighted by molar-refractivity contribution is 7.26. The Morgan fingerprint density at radius 3 is 1.11 bits per heavy atom. The van der Waals surface area contributed by atoms with Gasteiger partial charge in [-0.2, -0.15) is 0 Å². The topological polar surface area (TPSA) is 90.5 Å². The number of nitrogens with zero attached hydrogens (tertiary/aromatic N) is 6. The number of fused-ring (bicyclic) bond motifs is 13. The Labute approximate surface area is 709 Å². The quantitative estimate of drug-likeness (QED) is 0.114. The van der Waals surface area contributed by atoms with Gasteiger partial charge in [0.1, 0.15) is 11.2 Å². The van der Waals surface area contributed by atoms with Crippen LogP contribution in [0.4, 0.5) is 0 Å². The zero-order chi connectivity index (χ0) is 80.7. The lowest BCUT2D eigenvalue weighted by molar-refractivity contribution is 0.668. The summed E-state index contributed by atoms with van der Waals surface area (Å²) in [5, 5.41) is 6.97. The Morgan fingerprint density at radius 1 is 0.189 bits per heavy atom. The second-order valence-electron chi connectivity index (χ2n) is 31.4. The van der Waals surface area contributed by atoms with Crippen LogP contribution in [0.1, 0.15) is 44.5 Å². The van der Waals surface area contributed by atoms with Gasteiger partial charge in [0.15, 0.2) is 34.9 Å². The molecule has 0 bridgehead atoms. The van der Waals surface area contributed by atoms with Crippen LogP contribution in [0.15, 0.2) is 441 Å². The van der Waals surface area contributed by atoms with Gasteiger partial charge in [-0.1, -0.05) is 394 Å². The summed E-state index contributed by atoms with van der Waals surface area (Å²) in [4.78, 5) is 30.2. The second kappa shape index (κ2) is 29.7. The molecule has 2 aliphatic rings. The SMILES string of the molecule is c1ccc(-c2cccc(-c3nc(-c4ccccc4)nc(-c4ccc(-c5cccc6oc7ccc(C8(c9ccccc9)c9ccccc9-c9ccccc98)cc7c56)cc4)n3)c2)cc1.c1ccc(-c2nc(-c3ccccc3)nc(-c3cccc4cc(-c5cccc6sc7cc(C8(c9ccccc9)c9ccccc9-c9ccccc98)ccc7c56)ccc34)n2)cc1. The molecular weight excluding hydrogens is 1500 g/mol. The number of hydrogen-bond acceptors (Lipinski definition) is 8. The normalized spacial score (nSPS) is 12.7. The summed E-state index contributed by atoms with van der Waals surface area (Å²) in [6, 6.07) is 156. The first kappa shape index (κ1) is 71.6. The molecule has 4 heterocycles. The Balaban J connectivity index is 0.000000142. The highest BCUT2D eigenvalue weighted by Gasteiger charge is 2.48. The van der Waals surface area contributed by atoms with Gasteiger partial charge in [-0.05, 0) is 153 Å². The van der Waals surface area contributed by atoms with Crippen LogP contribution < -0.4 is 0 Å². The van der Waals surface area contributed by atoms with Crippen molar-refractivity contribution in [2.75, 3.05) is 0 Å². The minimum atomic E-state index is -0.506. The van der Waals surface area contributed by atoms with Gasteiger partial charge < -0.3 is 4.42 Å². The fourth-order valence-corrected chi connectivity index (χ4v) is 20.4. The molecular formula is C114H72N6OS. The van der Waals surface area contributed by atoms with Crippen LogP contribution in [-0.4, -0.2) is 29.9 Å². The Bertz CT molecular complexity index is 7660. The van der Waals surface area contributed by atoms with E-state index in [-0.39, 0.29) is 0 Å². The van der Waals surface area contributed by atoms with Crippen molar-refractivity contribution in [1.82, 2.24) is 29.9 Å². The molecule has 0 saturated carbocycles. The van der Waals surface area contributed by atoms with E-state index < -0.39 is 10.8 Å². The number of aromatic nitrogens is 6. The third-order valence-electron chi connectivity index (χ3n) is 24.7. The summed E-state index contributed by atoms with van der Waals surface area (Å²) in [7, 11) is 0. The Kier molecular flexibility index (Phi) is 17.4. The molecule has 18 aromatic carbocycles. The van der Waals surface area contributed by atoms with Crippen molar-refractivity contribution >= 4 is 64.2 Å². The van der Waals surface area contributed by atoms with Crippen LogP contribution >= 0.6 is 11.3 Å². The van der Waals surface area contributed by atoms with E-state index in [1.54, 1.807) is 0 Å². The van der Waals surface area contributed by atoms with Crippen molar-refractivity contribution < 1.29 is 4.42 Å². The van der Waals surface area contributed by atoms with Crippen molar-refractivity contribution in [3.8, 4) is 124 Å². The first-order chi connectivity index (χ1) is 60.5. The molecule has 0 aliphatic heterocycles. The van der Waals surface area contributed by atoms with Crippen LogP contribution in [-0.2, 0) is 10.8 Å². The highest BCUT2D eigenvalue weighted by Crippen LogP contribution is 2.59. The van der Waals surface area contributed by atoms with E-state index in [4.69, 9.17) is 34.3 Å². The van der Waals surface area contributed by atoms with E-state index >= 15 is 0 Å². The van der Waals surface area contributed by atoms with Gasteiger partial charge in [-0.25, -0.2) is 29.9 Å². The minimum absolute atomic E-state index is 0.431. The van der Waals surface area contributed by atoms with Crippen LogP contribution in [0.2, 0.25) is 0 Å². The molecule has 2 aliphatic carbocycles. The summed E-state index contributed by atoms with van der Waals surface area (Å²) in [5.74, 6) is 3.84. The summed E-state index contributed by atoms with van der Waals surface area (Å²) in [6.07, 6.45) is 0. The van der Waals surface area contributed by atoms with Crippen LogP contribution in [0.5, 0.6) is 0 Å². The predicted molar refractivity (Wildman–Crippen MR) is 501 cm³/mol. The number of benzene rings is 18. The maximum atomic E-state index is 6.62. The van der Waals surface area contributed by atoms with Crippen molar-refractivity contribution in [3.63, 3.8) is 0 Å². The number of hydrogen-bond donors (Lipinski definition) is 0. The maximum absolute atomic E-state index is 6.62. The van der Waals surface area contributed by atoms with E-state index in [0.29, 0.717) is 34.9 Å². The predicted octanol–water partition coefficient (Wildman–Crippen LogP) is 28.9. The van der Waals surface area contributed by atoms with E-state index in [1.165, 1.54) is 98.1 Å².